The number of methoxy groups -OCH3 is 3. The van der Waals surface area contributed by atoms with E-state index in [2.05, 4.69) is 42.1 Å². The van der Waals surface area contributed by atoms with Gasteiger partial charge >= 0.3 is 0 Å². The quantitative estimate of drug-likeness (QED) is 0.751. The van der Waals surface area contributed by atoms with E-state index in [1.54, 1.807) is 21.3 Å². The number of para-hydroxylation sites is 1. The maximum Gasteiger partial charge on any atom is 0.282 e. The van der Waals surface area contributed by atoms with Crippen molar-refractivity contribution in [1.82, 2.24) is 4.57 Å². The molecule has 0 N–H and O–H groups in total. The van der Waals surface area contributed by atoms with Gasteiger partial charge in [-0.2, -0.15) is 0 Å². The maximum absolute atomic E-state index is 5.33. The van der Waals surface area contributed by atoms with E-state index in [-0.39, 0.29) is 0 Å². The van der Waals surface area contributed by atoms with Crippen LogP contribution in [0.2, 0.25) is 0 Å². The summed E-state index contributed by atoms with van der Waals surface area (Å²) in [7, 11) is 6.84. The van der Waals surface area contributed by atoms with Crippen molar-refractivity contribution in [2.24, 2.45) is 7.05 Å². The van der Waals surface area contributed by atoms with Gasteiger partial charge in [0.15, 0.2) is 0 Å². The first-order chi connectivity index (χ1) is 9.15. The first kappa shape index (κ1) is 14.1. The van der Waals surface area contributed by atoms with Crippen LogP contribution in [0.5, 0.6) is 0 Å². The lowest BCUT2D eigenvalue weighted by atomic mass is 10.1. The molecule has 2 aromatic rings. The van der Waals surface area contributed by atoms with Gasteiger partial charge in [-0.1, -0.05) is 18.2 Å². The lowest BCUT2D eigenvalue weighted by molar-refractivity contribution is -0.354. The second-order valence-electron chi connectivity index (χ2n) is 4.58. The Morgan fingerprint density at radius 3 is 2.32 bits per heavy atom. The zero-order chi connectivity index (χ0) is 13.9. The summed E-state index contributed by atoms with van der Waals surface area (Å²) in [6, 6.07) is 8.37. The fourth-order valence-electron chi connectivity index (χ4n) is 2.47. The number of fused-ring (bicyclic) bond motifs is 1. The van der Waals surface area contributed by atoms with Crippen LogP contribution < -0.4 is 0 Å². The fourth-order valence-corrected chi connectivity index (χ4v) is 2.47. The van der Waals surface area contributed by atoms with E-state index in [1.807, 2.05) is 0 Å². The van der Waals surface area contributed by atoms with Crippen LogP contribution in [-0.4, -0.2) is 31.9 Å². The summed E-state index contributed by atoms with van der Waals surface area (Å²) in [5, 5.41) is 1.27. The summed E-state index contributed by atoms with van der Waals surface area (Å²) in [6.07, 6.45) is 3.62. The average molecular weight is 263 g/mol. The molecule has 0 aliphatic carbocycles. The third-order valence-electron chi connectivity index (χ3n) is 3.61. The highest BCUT2D eigenvalue weighted by atomic mass is 16.9. The van der Waals surface area contributed by atoms with Crippen LogP contribution in [0.25, 0.3) is 10.9 Å². The number of hydrogen-bond donors (Lipinski definition) is 0. The molecule has 0 fully saturated rings. The molecule has 0 spiro atoms. The summed E-state index contributed by atoms with van der Waals surface area (Å²) in [6.45, 7) is 0. The Morgan fingerprint density at radius 1 is 1.05 bits per heavy atom. The molecule has 0 saturated heterocycles. The monoisotopic (exact) mass is 263 g/mol. The normalized spacial score (nSPS) is 12.2. The van der Waals surface area contributed by atoms with Gasteiger partial charge in [0.2, 0.25) is 0 Å². The molecule has 0 unspecified atom stereocenters. The largest absolute Gasteiger partial charge is 0.350 e. The molecule has 0 amide bonds. The fraction of sp³-hybridized carbons (Fsp3) is 0.467. The lowest BCUT2D eigenvalue weighted by Crippen LogP contribution is -2.36. The van der Waals surface area contributed by atoms with Crippen molar-refractivity contribution in [2.75, 3.05) is 21.3 Å². The molecule has 0 radical (unpaired) electrons. The molecular formula is C15H21NO3. The number of benzene rings is 1. The molecule has 1 aromatic heterocycles. The van der Waals surface area contributed by atoms with Crippen molar-refractivity contribution < 1.29 is 14.2 Å². The number of aryl methyl sites for hydroxylation is 2. The predicted octanol–water partition coefficient (Wildman–Crippen LogP) is 2.70. The van der Waals surface area contributed by atoms with Gasteiger partial charge in [-0.3, -0.25) is 0 Å². The van der Waals surface area contributed by atoms with Crippen LogP contribution in [0.1, 0.15) is 12.0 Å². The third-order valence-corrected chi connectivity index (χ3v) is 3.61. The average Bonchev–Trinajstić information content (AvgIpc) is 2.78. The topological polar surface area (TPSA) is 32.6 Å². The second-order valence-corrected chi connectivity index (χ2v) is 4.58. The van der Waals surface area contributed by atoms with Crippen LogP contribution in [0.4, 0.5) is 0 Å². The van der Waals surface area contributed by atoms with E-state index in [4.69, 9.17) is 14.2 Å². The Morgan fingerprint density at radius 2 is 1.68 bits per heavy atom. The molecule has 0 atom stereocenters. The van der Waals surface area contributed by atoms with Crippen molar-refractivity contribution in [2.45, 2.75) is 18.8 Å². The number of rotatable bonds is 6. The smallest absolute Gasteiger partial charge is 0.282 e. The number of hydrogen-bond acceptors (Lipinski definition) is 3. The highest BCUT2D eigenvalue weighted by Crippen LogP contribution is 2.25. The van der Waals surface area contributed by atoms with Crippen molar-refractivity contribution in [3.05, 3.63) is 36.0 Å². The molecule has 1 aromatic carbocycles. The molecule has 4 heteroatoms. The number of ether oxygens (including phenoxy) is 3. The van der Waals surface area contributed by atoms with Gasteiger partial charge in [0.1, 0.15) is 0 Å². The minimum absolute atomic E-state index is 0.643. The van der Waals surface area contributed by atoms with Crippen LogP contribution in [-0.2, 0) is 27.7 Å². The Hall–Kier alpha value is -1.36. The van der Waals surface area contributed by atoms with E-state index in [1.165, 1.54) is 16.5 Å². The van der Waals surface area contributed by atoms with Gasteiger partial charge < -0.3 is 18.8 Å². The highest BCUT2D eigenvalue weighted by Gasteiger charge is 2.29. The van der Waals surface area contributed by atoms with E-state index >= 15 is 0 Å². The van der Waals surface area contributed by atoms with E-state index in [9.17, 15) is 0 Å². The summed E-state index contributed by atoms with van der Waals surface area (Å²) in [5.74, 6) is -0.961. The van der Waals surface area contributed by atoms with Gasteiger partial charge in [0.05, 0.1) is 0 Å². The molecular weight excluding hydrogens is 242 g/mol. The van der Waals surface area contributed by atoms with Crippen LogP contribution in [0, 0.1) is 0 Å². The van der Waals surface area contributed by atoms with Crippen molar-refractivity contribution in [3.8, 4) is 0 Å². The third kappa shape index (κ3) is 2.66. The first-order valence-corrected chi connectivity index (χ1v) is 6.34. The van der Waals surface area contributed by atoms with Gasteiger partial charge in [0, 0.05) is 51.9 Å². The first-order valence-electron chi connectivity index (χ1n) is 6.34. The molecule has 4 nitrogen and oxygen atoms in total. The van der Waals surface area contributed by atoms with Crippen molar-refractivity contribution in [1.29, 1.82) is 0 Å². The molecule has 19 heavy (non-hydrogen) atoms. The van der Waals surface area contributed by atoms with E-state index in [0.717, 1.165) is 6.42 Å². The molecule has 0 aliphatic rings. The van der Waals surface area contributed by atoms with Crippen molar-refractivity contribution >= 4 is 10.9 Å². The molecule has 104 valence electrons. The Bertz CT molecular complexity index is 535. The molecule has 0 saturated carbocycles. The zero-order valence-corrected chi connectivity index (χ0v) is 12.0. The lowest BCUT2D eigenvalue weighted by Gasteiger charge is -2.28. The highest BCUT2D eigenvalue weighted by molar-refractivity contribution is 5.83. The summed E-state index contributed by atoms with van der Waals surface area (Å²) >= 11 is 0. The SMILES string of the molecule is COC(CCc1cn(C)c2ccccc12)(OC)OC. The Balaban J connectivity index is 2.22. The van der Waals surface area contributed by atoms with Gasteiger partial charge in [-0.15, -0.1) is 0 Å². The molecule has 0 bridgehead atoms. The predicted molar refractivity (Wildman–Crippen MR) is 75.0 cm³/mol. The Kier molecular flexibility index (Phi) is 4.24. The summed E-state index contributed by atoms with van der Waals surface area (Å²) in [5.41, 5.74) is 2.50. The summed E-state index contributed by atoms with van der Waals surface area (Å²) < 4.78 is 18.1. The zero-order valence-electron chi connectivity index (χ0n) is 12.0. The number of nitrogens with zero attached hydrogens (tertiary/aromatic N) is 1. The minimum atomic E-state index is -0.961. The van der Waals surface area contributed by atoms with Crippen LogP contribution in [0.3, 0.4) is 0 Å². The summed E-state index contributed by atoms with van der Waals surface area (Å²) in [4.78, 5) is 0. The second kappa shape index (κ2) is 5.74. The van der Waals surface area contributed by atoms with Crippen LogP contribution in [0.15, 0.2) is 30.5 Å². The number of aromatic nitrogens is 1. The standard InChI is InChI=1S/C15H21NO3/c1-16-11-12(13-7-5-6-8-14(13)16)9-10-15(17-2,18-3)19-4/h5-8,11H,9-10H2,1-4H3. The van der Waals surface area contributed by atoms with E-state index in [0.29, 0.717) is 6.42 Å². The van der Waals surface area contributed by atoms with Gasteiger partial charge in [0.25, 0.3) is 5.97 Å². The Labute approximate surface area is 113 Å². The van der Waals surface area contributed by atoms with Crippen molar-refractivity contribution in [3.63, 3.8) is 0 Å². The van der Waals surface area contributed by atoms with E-state index < -0.39 is 5.97 Å². The van der Waals surface area contributed by atoms with Gasteiger partial charge in [-0.05, 0) is 18.1 Å². The molecule has 2 rings (SSSR count). The maximum atomic E-state index is 5.33. The minimum Gasteiger partial charge on any atom is -0.350 e. The molecule has 1 heterocycles. The molecule has 0 aliphatic heterocycles. The van der Waals surface area contributed by atoms with Gasteiger partial charge in [-0.25, -0.2) is 0 Å². The van der Waals surface area contributed by atoms with Crippen LogP contribution >= 0.6 is 0 Å².